The van der Waals surface area contributed by atoms with Gasteiger partial charge in [0.2, 0.25) is 0 Å². The van der Waals surface area contributed by atoms with Crippen molar-refractivity contribution < 1.29 is 13.9 Å². The lowest BCUT2D eigenvalue weighted by molar-refractivity contribution is 0.100. The van der Waals surface area contributed by atoms with Crippen molar-refractivity contribution in [2.75, 3.05) is 13.3 Å². The Kier molecular flexibility index (Phi) is 6.30. The zero-order chi connectivity index (χ0) is 15.6. The Morgan fingerprint density at radius 2 is 1.82 bits per heavy atom. The number of hydrogen-bond acceptors (Lipinski definition) is 3. The van der Waals surface area contributed by atoms with E-state index in [9.17, 15) is 9.18 Å². The summed E-state index contributed by atoms with van der Waals surface area (Å²) in [6.45, 7) is -0.0114. The molecule has 0 saturated heterocycles. The van der Waals surface area contributed by atoms with Gasteiger partial charge in [-0.25, -0.2) is 0 Å². The van der Waals surface area contributed by atoms with Gasteiger partial charge in [-0.05, 0) is 24.3 Å². The highest BCUT2D eigenvalue weighted by molar-refractivity contribution is 6.03. The Morgan fingerprint density at radius 1 is 1.09 bits per heavy atom. The molecule has 114 valence electrons. The largest absolute Gasteiger partial charge is 0.493 e. The maximum Gasteiger partial charge on any atom is 0.168 e. The highest BCUT2D eigenvalue weighted by Crippen LogP contribution is 2.18. The number of halogens is 1. The number of benzene rings is 2. The van der Waals surface area contributed by atoms with E-state index < -0.39 is 0 Å². The Labute approximate surface area is 129 Å². The van der Waals surface area contributed by atoms with E-state index in [1.165, 1.54) is 0 Å². The summed E-state index contributed by atoms with van der Waals surface area (Å²) in [7, 11) is 0. The number of ether oxygens (including phenoxy) is 1. The van der Waals surface area contributed by atoms with E-state index >= 15 is 0 Å². The van der Waals surface area contributed by atoms with Crippen LogP contribution in [0.1, 0.15) is 23.2 Å². The van der Waals surface area contributed by atoms with E-state index in [2.05, 4.69) is 4.99 Å². The topological polar surface area (TPSA) is 38.7 Å². The third-order valence-corrected chi connectivity index (χ3v) is 3.00. The summed E-state index contributed by atoms with van der Waals surface area (Å²) in [6, 6.07) is 16.3. The number of carbonyl (C=O) groups is 1. The van der Waals surface area contributed by atoms with Gasteiger partial charge in [-0.15, -0.1) is 0 Å². The van der Waals surface area contributed by atoms with Gasteiger partial charge in [0.05, 0.1) is 19.0 Å². The van der Waals surface area contributed by atoms with Crippen LogP contribution in [0.5, 0.6) is 5.75 Å². The minimum Gasteiger partial charge on any atom is -0.493 e. The molecule has 0 atom stereocenters. The molecule has 0 N–H and O–H groups in total. The van der Waals surface area contributed by atoms with E-state index in [1.54, 1.807) is 42.6 Å². The summed E-state index contributed by atoms with van der Waals surface area (Å²) < 4.78 is 17.3. The van der Waals surface area contributed by atoms with E-state index in [1.807, 2.05) is 18.2 Å². The quantitative estimate of drug-likeness (QED) is 0.411. The fraction of sp³-hybridized carbons (Fsp3) is 0.222. The molecule has 4 heteroatoms. The normalized spacial score (nSPS) is 10.8. The summed E-state index contributed by atoms with van der Waals surface area (Å²) in [5.74, 6) is 0.725. The average Bonchev–Trinajstić information content (AvgIpc) is 2.57. The fourth-order valence-corrected chi connectivity index (χ4v) is 1.85. The van der Waals surface area contributed by atoms with E-state index in [4.69, 9.17) is 4.74 Å². The standard InChI is InChI=1S/C18H18FNO2/c19-12-4-14-22-17-9-7-16(8-10-17)20-13-11-18(21)15-5-2-1-3-6-15/h1-3,5-10,13H,4,11-12,14H2/i19-1. The third kappa shape index (κ3) is 5.13. The Bertz CT molecular complexity index is 609. The monoisotopic (exact) mass is 298 g/mol. The molecule has 2 aromatic rings. The molecular weight excluding hydrogens is 280 g/mol. The molecule has 0 amide bonds. The first kappa shape index (κ1) is 15.9. The predicted molar refractivity (Wildman–Crippen MR) is 86.1 cm³/mol. The van der Waals surface area contributed by atoms with Crippen LogP contribution in [0.4, 0.5) is 10.1 Å². The van der Waals surface area contributed by atoms with Gasteiger partial charge >= 0.3 is 0 Å². The molecule has 0 heterocycles. The molecule has 2 aromatic carbocycles. The van der Waals surface area contributed by atoms with Crippen LogP contribution in [-0.2, 0) is 0 Å². The average molecular weight is 298 g/mol. The van der Waals surface area contributed by atoms with E-state index in [0.29, 0.717) is 24.3 Å². The van der Waals surface area contributed by atoms with Gasteiger partial charge < -0.3 is 4.74 Å². The van der Waals surface area contributed by atoms with Gasteiger partial charge in [0.1, 0.15) is 5.75 Å². The Hall–Kier alpha value is -2.49. The van der Waals surface area contributed by atoms with Gasteiger partial charge in [0, 0.05) is 24.6 Å². The third-order valence-electron chi connectivity index (χ3n) is 3.00. The van der Waals surface area contributed by atoms with Gasteiger partial charge in [-0.1, -0.05) is 30.3 Å². The highest BCUT2D eigenvalue weighted by atomic mass is 18.2. The molecule has 0 aromatic heterocycles. The van der Waals surface area contributed by atoms with E-state index in [0.717, 1.165) is 5.69 Å². The van der Waals surface area contributed by atoms with Crippen molar-refractivity contribution in [3.8, 4) is 5.75 Å². The number of hydrogen-bond donors (Lipinski definition) is 0. The second-order valence-electron chi connectivity index (χ2n) is 4.69. The lowest BCUT2D eigenvalue weighted by atomic mass is 10.1. The number of carbonyl (C=O) groups excluding carboxylic acids is 1. The van der Waals surface area contributed by atoms with Gasteiger partial charge in [0.15, 0.2) is 5.78 Å². The maximum absolute atomic E-state index is 12.0. The second-order valence-corrected chi connectivity index (χ2v) is 4.69. The number of nitrogens with zero attached hydrogens (tertiary/aromatic N) is 1. The van der Waals surface area contributed by atoms with Crippen LogP contribution in [0.15, 0.2) is 59.6 Å². The smallest absolute Gasteiger partial charge is 0.168 e. The fourth-order valence-electron chi connectivity index (χ4n) is 1.85. The maximum atomic E-state index is 12.0. The number of aliphatic imine (C=N–C) groups is 1. The minimum absolute atomic E-state index is 0.0375. The van der Waals surface area contributed by atoms with Crippen molar-refractivity contribution in [1.82, 2.24) is 0 Å². The van der Waals surface area contributed by atoms with Crippen molar-refractivity contribution in [3.05, 3.63) is 60.2 Å². The summed E-state index contributed by atoms with van der Waals surface area (Å²) in [5, 5.41) is 0. The highest BCUT2D eigenvalue weighted by Gasteiger charge is 2.02. The summed E-state index contributed by atoms with van der Waals surface area (Å²) >= 11 is 0. The zero-order valence-corrected chi connectivity index (χ0v) is 12.2. The number of rotatable bonds is 8. The first-order valence-electron chi connectivity index (χ1n) is 7.19. The molecule has 0 saturated carbocycles. The molecular formula is C18H18FNO2. The summed E-state index contributed by atoms with van der Waals surface area (Å²) in [6.07, 6.45) is 2.26. The first-order chi connectivity index (χ1) is 10.8. The molecule has 0 aliphatic carbocycles. The number of alkyl halides is 1. The SMILES string of the molecule is O=C(CC=Nc1ccc(OCCC[18F])cc1)c1ccccc1. The number of Topliss-reactive ketones (excluding diaryl/α,β-unsaturated/α-hetero) is 1. The van der Waals surface area contributed by atoms with Gasteiger partial charge in [0.25, 0.3) is 0 Å². The molecule has 0 unspecified atom stereocenters. The summed E-state index contributed by atoms with van der Waals surface area (Å²) in [5.41, 5.74) is 1.43. The van der Waals surface area contributed by atoms with Gasteiger partial charge in [-0.3, -0.25) is 14.2 Å². The molecule has 0 aliphatic heterocycles. The molecule has 0 aliphatic rings. The van der Waals surface area contributed by atoms with Crippen LogP contribution in [0, 0.1) is 0 Å². The van der Waals surface area contributed by atoms with Crippen molar-refractivity contribution in [2.24, 2.45) is 4.99 Å². The van der Waals surface area contributed by atoms with Crippen LogP contribution in [0.25, 0.3) is 0 Å². The second kappa shape index (κ2) is 8.72. The van der Waals surface area contributed by atoms with Crippen molar-refractivity contribution >= 4 is 17.7 Å². The number of ketones is 1. The molecule has 0 bridgehead atoms. The van der Waals surface area contributed by atoms with Gasteiger partial charge in [-0.2, -0.15) is 0 Å². The zero-order valence-electron chi connectivity index (χ0n) is 12.2. The van der Waals surface area contributed by atoms with Crippen LogP contribution in [-0.4, -0.2) is 25.3 Å². The predicted octanol–water partition coefficient (Wildman–Crippen LogP) is 4.40. The lowest BCUT2D eigenvalue weighted by Crippen LogP contribution is -1.98. The molecule has 0 spiro atoms. The van der Waals surface area contributed by atoms with Crippen molar-refractivity contribution in [2.45, 2.75) is 12.8 Å². The van der Waals surface area contributed by atoms with Crippen molar-refractivity contribution in [3.63, 3.8) is 0 Å². The Balaban J connectivity index is 1.84. The molecule has 3 nitrogen and oxygen atoms in total. The van der Waals surface area contributed by atoms with E-state index in [-0.39, 0.29) is 18.9 Å². The molecule has 0 fully saturated rings. The minimum atomic E-state index is -0.377. The molecule has 22 heavy (non-hydrogen) atoms. The summed E-state index contributed by atoms with van der Waals surface area (Å²) in [4.78, 5) is 16.1. The molecule has 0 radical (unpaired) electrons. The van der Waals surface area contributed by atoms with Crippen LogP contribution < -0.4 is 4.74 Å². The lowest BCUT2D eigenvalue weighted by Gasteiger charge is -2.04. The van der Waals surface area contributed by atoms with Crippen LogP contribution in [0.2, 0.25) is 0 Å². The van der Waals surface area contributed by atoms with Crippen molar-refractivity contribution in [1.29, 1.82) is 0 Å². The van der Waals surface area contributed by atoms with Crippen LogP contribution >= 0.6 is 0 Å². The van der Waals surface area contributed by atoms with Crippen LogP contribution in [0.3, 0.4) is 0 Å². The first-order valence-corrected chi connectivity index (χ1v) is 7.19. The molecule has 2 rings (SSSR count). The Morgan fingerprint density at radius 3 is 2.50 bits per heavy atom.